The number of phosphoric acid groups is 1. The van der Waals surface area contributed by atoms with E-state index in [1.54, 1.807) is 6.07 Å². The summed E-state index contributed by atoms with van der Waals surface area (Å²) >= 11 is 0. The third-order valence-corrected chi connectivity index (χ3v) is 7.39. The molecule has 3 aliphatic rings. The summed E-state index contributed by atoms with van der Waals surface area (Å²) in [4.78, 5) is 22.2. The van der Waals surface area contributed by atoms with Crippen molar-refractivity contribution in [1.82, 2.24) is 0 Å². The number of aromatic hydroxyl groups is 1. The first-order valence-corrected chi connectivity index (χ1v) is 10.3. The molecule has 8 heteroatoms. The normalized spacial score (nSPS) is 35.3. The van der Waals surface area contributed by atoms with Crippen molar-refractivity contribution in [3.05, 3.63) is 29.3 Å². The standard InChI is InChI=1S/C18H25O5P.2Na/c1-18-9-8-14-13-5-3-12(19)10-11(13)2-4-15(14)16(18)6-7-17(18)23-24(20,21)22;;/h3,5,10,14-17,19H,2,4,6-9H2,1H3,(H2,20,21,22);;/q;2*+1/p-2. The van der Waals surface area contributed by atoms with Crippen molar-refractivity contribution in [3.63, 3.8) is 0 Å². The monoisotopic (exact) mass is 396 g/mol. The first-order chi connectivity index (χ1) is 11.3. The van der Waals surface area contributed by atoms with E-state index in [9.17, 15) is 19.5 Å². The molecule has 2 fully saturated rings. The van der Waals surface area contributed by atoms with E-state index in [4.69, 9.17) is 4.52 Å². The molecule has 4 rings (SSSR count). The van der Waals surface area contributed by atoms with E-state index in [1.807, 2.05) is 6.07 Å². The number of fused-ring (bicyclic) bond motifs is 5. The first-order valence-electron chi connectivity index (χ1n) is 8.80. The summed E-state index contributed by atoms with van der Waals surface area (Å²) in [7, 11) is -4.94. The van der Waals surface area contributed by atoms with Crippen LogP contribution < -0.4 is 68.9 Å². The van der Waals surface area contributed by atoms with Crippen LogP contribution in [0.3, 0.4) is 0 Å². The van der Waals surface area contributed by atoms with Gasteiger partial charge >= 0.3 is 59.1 Å². The van der Waals surface area contributed by atoms with Crippen LogP contribution in [0.1, 0.15) is 56.1 Å². The fourth-order valence-electron chi connectivity index (χ4n) is 5.85. The Morgan fingerprint density at radius 2 is 1.92 bits per heavy atom. The Morgan fingerprint density at radius 1 is 1.19 bits per heavy atom. The largest absolute Gasteiger partial charge is 1.00 e. The summed E-state index contributed by atoms with van der Waals surface area (Å²) in [6, 6.07) is 5.70. The average Bonchev–Trinajstić information content (AvgIpc) is 2.82. The van der Waals surface area contributed by atoms with Crippen LogP contribution in [0.5, 0.6) is 5.75 Å². The molecular formula is C18H23Na2O5P. The SMILES string of the molecule is CC12CCC3c4ccc(O)cc4CCC3C1CCC2OP(=O)([O-])[O-].[Na+].[Na+]. The minimum Gasteiger partial charge on any atom is -0.790 e. The minimum atomic E-state index is -4.94. The summed E-state index contributed by atoms with van der Waals surface area (Å²) in [5.74, 6) is 1.70. The number of phosphoric ester groups is 1. The number of rotatable bonds is 2. The van der Waals surface area contributed by atoms with Gasteiger partial charge < -0.3 is 24.0 Å². The molecule has 1 aromatic carbocycles. The molecule has 0 amide bonds. The fraction of sp³-hybridized carbons (Fsp3) is 0.667. The molecule has 1 N–H and O–H groups in total. The zero-order valence-electron chi connectivity index (χ0n) is 15.8. The van der Waals surface area contributed by atoms with Crippen LogP contribution in [0.2, 0.25) is 0 Å². The molecule has 0 aromatic heterocycles. The second-order valence-electron chi connectivity index (χ2n) is 7.96. The van der Waals surface area contributed by atoms with Crippen LogP contribution in [-0.2, 0) is 15.5 Å². The van der Waals surface area contributed by atoms with Crippen molar-refractivity contribution in [2.24, 2.45) is 17.3 Å². The second-order valence-corrected chi connectivity index (χ2v) is 9.07. The zero-order chi connectivity index (χ0) is 17.1. The van der Waals surface area contributed by atoms with Crippen molar-refractivity contribution < 1.29 is 83.1 Å². The molecule has 2 saturated carbocycles. The maximum atomic E-state index is 11.1. The van der Waals surface area contributed by atoms with Crippen LogP contribution >= 0.6 is 7.82 Å². The Hall–Kier alpha value is 1.13. The van der Waals surface area contributed by atoms with E-state index >= 15 is 0 Å². The molecule has 3 aliphatic carbocycles. The maximum absolute atomic E-state index is 11.1. The van der Waals surface area contributed by atoms with Gasteiger partial charge in [-0.25, -0.2) is 0 Å². The van der Waals surface area contributed by atoms with E-state index < -0.39 is 13.9 Å². The van der Waals surface area contributed by atoms with E-state index in [0.29, 0.717) is 29.9 Å². The van der Waals surface area contributed by atoms with Gasteiger partial charge in [0.05, 0.1) is 13.9 Å². The Bertz CT molecular complexity index is 709. The van der Waals surface area contributed by atoms with Gasteiger partial charge in [-0.15, -0.1) is 0 Å². The van der Waals surface area contributed by atoms with E-state index in [-0.39, 0.29) is 64.5 Å². The van der Waals surface area contributed by atoms with Crippen molar-refractivity contribution in [2.45, 2.75) is 57.5 Å². The van der Waals surface area contributed by atoms with Gasteiger partial charge in [-0.05, 0) is 85.0 Å². The third kappa shape index (κ3) is 4.18. The molecule has 0 aliphatic heterocycles. The van der Waals surface area contributed by atoms with Gasteiger partial charge in [0.2, 0.25) is 0 Å². The van der Waals surface area contributed by atoms with Crippen LogP contribution in [0.4, 0.5) is 0 Å². The molecule has 5 nitrogen and oxygen atoms in total. The number of hydrogen-bond donors (Lipinski definition) is 1. The van der Waals surface area contributed by atoms with Gasteiger partial charge in [0.15, 0.2) is 0 Å². The van der Waals surface area contributed by atoms with Crippen LogP contribution in [0.25, 0.3) is 0 Å². The molecule has 0 saturated heterocycles. The molecule has 132 valence electrons. The quantitative estimate of drug-likeness (QED) is 0.413. The number of phenols is 1. The van der Waals surface area contributed by atoms with Crippen molar-refractivity contribution in [1.29, 1.82) is 0 Å². The Labute approximate surface area is 199 Å². The third-order valence-electron chi connectivity index (χ3n) is 6.88. The summed E-state index contributed by atoms with van der Waals surface area (Å²) in [5, 5.41) is 9.72. The number of phenolic OH excluding ortho intramolecular Hbond substituents is 1. The molecule has 0 bridgehead atoms. The molecule has 0 radical (unpaired) electrons. The van der Waals surface area contributed by atoms with Gasteiger partial charge in [0.1, 0.15) is 5.75 Å². The molecular weight excluding hydrogens is 373 g/mol. The van der Waals surface area contributed by atoms with Crippen LogP contribution in [-0.4, -0.2) is 11.2 Å². The summed E-state index contributed by atoms with van der Waals surface area (Å²) < 4.78 is 16.1. The van der Waals surface area contributed by atoms with Crippen molar-refractivity contribution >= 4 is 7.82 Å². The Balaban J connectivity index is 0.00000121. The van der Waals surface area contributed by atoms with E-state index in [1.165, 1.54) is 11.1 Å². The van der Waals surface area contributed by atoms with E-state index in [2.05, 4.69) is 13.0 Å². The van der Waals surface area contributed by atoms with Gasteiger partial charge in [0, 0.05) is 0 Å². The summed E-state index contributed by atoms with van der Waals surface area (Å²) in [5.41, 5.74) is 2.36. The fourth-order valence-corrected chi connectivity index (χ4v) is 6.51. The van der Waals surface area contributed by atoms with E-state index in [0.717, 1.165) is 32.1 Å². The predicted octanol–water partition coefficient (Wildman–Crippen LogP) is -3.53. The molecule has 1 aromatic rings. The molecule has 0 spiro atoms. The number of aryl methyl sites for hydroxylation is 1. The maximum Gasteiger partial charge on any atom is 1.00 e. The van der Waals surface area contributed by atoms with Gasteiger partial charge in [-0.3, -0.25) is 0 Å². The second kappa shape index (κ2) is 8.47. The Morgan fingerprint density at radius 3 is 2.62 bits per heavy atom. The van der Waals surface area contributed by atoms with Crippen LogP contribution in [0, 0.1) is 17.3 Å². The summed E-state index contributed by atoms with van der Waals surface area (Å²) in [6.45, 7) is 2.10. The molecule has 26 heavy (non-hydrogen) atoms. The van der Waals surface area contributed by atoms with Crippen molar-refractivity contribution in [3.8, 4) is 5.75 Å². The topological polar surface area (TPSA) is 92.7 Å². The predicted molar refractivity (Wildman–Crippen MR) is 85.2 cm³/mol. The molecule has 5 unspecified atom stereocenters. The molecule has 0 heterocycles. The van der Waals surface area contributed by atoms with Crippen molar-refractivity contribution in [2.75, 3.05) is 0 Å². The van der Waals surface area contributed by atoms with Gasteiger partial charge in [-0.2, -0.15) is 0 Å². The zero-order valence-corrected chi connectivity index (χ0v) is 20.7. The number of hydrogen-bond acceptors (Lipinski definition) is 5. The van der Waals surface area contributed by atoms with Gasteiger partial charge in [-0.1, -0.05) is 13.0 Å². The number of benzene rings is 1. The van der Waals surface area contributed by atoms with Crippen LogP contribution in [0.15, 0.2) is 18.2 Å². The minimum absolute atomic E-state index is 0. The average molecular weight is 396 g/mol. The first kappa shape index (κ1) is 23.4. The van der Waals surface area contributed by atoms with Gasteiger partial charge in [0.25, 0.3) is 0 Å². The summed E-state index contributed by atoms with van der Waals surface area (Å²) in [6.07, 6.45) is 4.98. The molecule has 5 atom stereocenters. The smallest absolute Gasteiger partial charge is 0.790 e. The Kier molecular flexibility index (Phi) is 7.63.